The number of furan rings is 1. The number of aromatic amines is 2. The fourth-order valence-corrected chi connectivity index (χ4v) is 5.00. The number of hydrogen-bond acceptors (Lipinski definition) is 5. The van der Waals surface area contributed by atoms with Gasteiger partial charge in [0.15, 0.2) is 0 Å². The molecular formula is C24H16N4O3P2. The van der Waals surface area contributed by atoms with E-state index in [9.17, 15) is 9.59 Å². The number of imidazole rings is 2. The van der Waals surface area contributed by atoms with Gasteiger partial charge in [-0.05, 0) is 47.5 Å². The van der Waals surface area contributed by atoms with Crippen molar-refractivity contribution < 1.29 is 14.0 Å². The van der Waals surface area contributed by atoms with Crippen LogP contribution in [-0.4, -0.2) is 32.0 Å². The fourth-order valence-electron chi connectivity index (χ4n) is 4.03. The SMILES string of the molecule is O=CPc1ncc(-c2ccc3c(c2)oc2cc(-c4ccc5nc(PC=O)[nH]c5c4)ccc23)[nH]1. The molecule has 160 valence electrons. The molecule has 0 bridgehead atoms. The molecule has 3 aromatic carbocycles. The summed E-state index contributed by atoms with van der Waals surface area (Å²) in [6.07, 6.45) is 1.74. The molecule has 0 saturated heterocycles. The van der Waals surface area contributed by atoms with Crippen molar-refractivity contribution in [1.29, 1.82) is 0 Å². The molecule has 6 aromatic rings. The summed E-state index contributed by atoms with van der Waals surface area (Å²) in [5, 5.41) is 2.09. The number of rotatable bonds is 6. The van der Waals surface area contributed by atoms with Crippen LogP contribution in [0.15, 0.2) is 65.2 Å². The summed E-state index contributed by atoms with van der Waals surface area (Å²) in [7, 11) is 0.0341. The Bertz CT molecular complexity index is 1680. The second kappa shape index (κ2) is 8.04. The second-order valence-electron chi connectivity index (χ2n) is 7.51. The van der Waals surface area contributed by atoms with Crippen LogP contribution >= 0.6 is 17.2 Å². The van der Waals surface area contributed by atoms with Gasteiger partial charge in [-0.15, -0.1) is 0 Å². The van der Waals surface area contributed by atoms with Crippen LogP contribution in [0.4, 0.5) is 0 Å². The minimum Gasteiger partial charge on any atom is -0.456 e. The highest BCUT2D eigenvalue weighted by molar-refractivity contribution is 7.62. The molecule has 2 unspecified atom stereocenters. The monoisotopic (exact) mass is 470 g/mol. The van der Waals surface area contributed by atoms with Crippen LogP contribution in [0.1, 0.15) is 0 Å². The van der Waals surface area contributed by atoms with E-state index in [0.29, 0.717) is 11.1 Å². The Morgan fingerprint density at radius 1 is 0.758 bits per heavy atom. The summed E-state index contributed by atoms with van der Waals surface area (Å²) < 4.78 is 6.21. The number of H-pyrrole nitrogens is 2. The van der Waals surface area contributed by atoms with E-state index in [-0.39, 0.29) is 17.2 Å². The number of nitrogens with one attached hydrogen (secondary N) is 2. The van der Waals surface area contributed by atoms with Crippen LogP contribution in [0.2, 0.25) is 0 Å². The average molecular weight is 470 g/mol. The molecule has 3 aromatic heterocycles. The van der Waals surface area contributed by atoms with Gasteiger partial charge in [-0.2, -0.15) is 0 Å². The molecule has 0 spiro atoms. The van der Waals surface area contributed by atoms with Gasteiger partial charge in [-0.3, -0.25) is 9.59 Å². The molecule has 0 fully saturated rings. The Hall–Kier alpha value is -3.66. The van der Waals surface area contributed by atoms with Gasteiger partial charge in [0, 0.05) is 33.5 Å². The van der Waals surface area contributed by atoms with E-state index >= 15 is 0 Å². The molecule has 0 amide bonds. The summed E-state index contributed by atoms with van der Waals surface area (Å²) in [5.41, 5.74) is 8.58. The average Bonchev–Trinajstić information content (AvgIpc) is 3.54. The zero-order valence-corrected chi connectivity index (χ0v) is 19.0. The van der Waals surface area contributed by atoms with E-state index in [1.165, 1.54) is 0 Å². The van der Waals surface area contributed by atoms with Crippen LogP contribution in [0.5, 0.6) is 0 Å². The Kier molecular flexibility index (Phi) is 4.87. The third-order valence-electron chi connectivity index (χ3n) is 5.57. The highest BCUT2D eigenvalue weighted by Gasteiger charge is 2.12. The Morgan fingerprint density at radius 3 is 2.21 bits per heavy atom. The minimum atomic E-state index is 0.0136. The summed E-state index contributed by atoms with van der Waals surface area (Å²) in [6.45, 7) is 0. The third kappa shape index (κ3) is 3.56. The summed E-state index contributed by atoms with van der Waals surface area (Å²) in [5.74, 6) is 0. The van der Waals surface area contributed by atoms with Crippen LogP contribution in [-0.2, 0) is 9.59 Å². The Morgan fingerprint density at radius 2 is 1.42 bits per heavy atom. The quantitative estimate of drug-likeness (QED) is 0.275. The molecule has 3 heterocycles. The molecule has 0 aliphatic carbocycles. The lowest BCUT2D eigenvalue weighted by atomic mass is 10.0. The van der Waals surface area contributed by atoms with Crippen molar-refractivity contribution in [3.05, 3.63) is 60.8 Å². The van der Waals surface area contributed by atoms with Gasteiger partial charge >= 0.3 is 0 Å². The molecule has 2 N–H and O–H groups in total. The zero-order chi connectivity index (χ0) is 22.4. The maximum Gasteiger partial charge on any atom is 0.146 e. The number of carbonyl (C=O) groups is 2. The number of hydrogen-bond donors (Lipinski definition) is 2. The summed E-state index contributed by atoms with van der Waals surface area (Å²) >= 11 is 0. The van der Waals surface area contributed by atoms with Crippen molar-refractivity contribution in [2.75, 3.05) is 0 Å². The van der Waals surface area contributed by atoms with Crippen molar-refractivity contribution in [3.63, 3.8) is 0 Å². The van der Waals surface area contributed by atoms with Gasteiger partial charge in [-0.1, -0.05) is 18.2 Å². The van der Waals surface area contributed by atoms with Crippen LogP contribution < -0.4 is 11.1 Å². The second-order valence-corrected chi connectivity index (χ2v) is 9.51. The largest absolute Gasteiger partial charge is 0.456 e. The molecule has 0 radical (unpaired) electrons. The lowest BCUT2D eigenvalue weighted by Crippen LogP contribution is -1.97. The van der Waals surface area contributed by atoms with E-state index in [4.69, 9.17) is 4.42 Å². The van der Waals surface area contributed by atoms with Gasteiger partial charge in [0.2, 0.25) is 0 Å². The topological polar surface area (TPSA) is 105 Å². The van der Waals surface area contributed by atoms with Crippen molar-refractivity contribution in [2.45, 2.75) is 0 Å². The van der Waals surface area contributed by atoms with Crippen molar-refractivity contribution >= 4 is 73.3 Å². The van der Waals surface area contributed by atoms with E-state index in [2.05, 4.69) is 32.1 Å². The van der Waals surface area contributed by atoms with Gasteiger partial charge in [0.25, 0.3) is 0 Å². The molecule has 0 aliphatic rings. The van der Waals surface area contributed by atoms with E-state index in [1.807, 2.05) is 42.5 Å². The molecule has 9 heteroatoms. The number of benzene rings is 3. The maximum absolute atomic E-state index is 10.8. The number of aromatic nitrogens is 4. The van der Waals surface area contributed by atoms with Crippen molar-refractivity contribution in [3.8, 4) is 22.4 Å². The lowest BCUT2D eigenvalue weighted by Gasteiger charge is -2.01. The van der Waals surface area contributed by atoms with E-state index < -0.39 is 0 Å². The van der Waals surface area contributed by atoms with Gasteiger partial charge in [0.1, 0.15) is 34.4 Å². The first-order valence-corrected chi connectivity index (χ1v) is 12.3. The molecule has 0 saturated carbocycles. The smallest absolute Gasteiger partial charge is 0.146 e. The predicted octanol–water partition coefficient (Wildman–Crippen LogP) is 4.51. The first kappa shape index (κ1) is 20.0. The fraction of sp³-hybridized carbons (Fsp3) is 0. The maximum atomic E-state index is 10.8. The number of nitrogens with zero attached hydrogens (tertiary/aromatic N) is 2. The number of carbonyl (C=O) groups excluding carboxylic acids is 2. The molecule has 7 nitrogen and oxygen atoms in total. The highest BCUT2D eigenvalue weighted by atomic mass is 31.1. The van der Waals surface area contributed by atoms with Gasteiger partial charge in [-0.25, -0.2) is 9.97 Å². The van der Waals surface area contributed by atoms with E-state index in [0.717, 1.165) is 67.4 Å². The van der Waals surface area contributed by atoms with Gasteiger partial charge in [0.05, 0.1) is 22.9 Å². The molecule has 0 aliphatic heterocycles. The molecule has 2 atom stereocenters. The molecule has 33 heavy (non-hydrogen) atoms. The third-order valence-corrected chi connectivity index (χ3v) is 6.84. The van der Waals surface area contributed by atoms with Crippen LogP contribution in [0.3, 0.4) is 0 Å². The first-order valence-electron chi connectivity index (χ1n) is 10.1. The molecule has 6 rings (SSSR count). The van der Waals surface area contributed by atoms with Crippen LogP contribution in [0, 0.1) is 0 Å². The zero-order valence-electron chi connectivity index (χ0n) is 17.0. The van der Waals surface area contributed by atoms with Crippen LogP contribution in [0.25, 0.3) is 55.4 Å². The Labute approximate surface area is 190 Å². The minimum absolute atomic E-state index is 0.0136. The summed E-state index contributed by atoms with van der Waals surface area (Å²) in [4.78, 5) is 36.6. The predicted molar refractivity (Wildman–Crippen MR) is 136 cm³/mol. The molecular weight excluding hydrogens is 454 g/mol. The lowest BCUT2D eigenvalue weighted by molar-refractivity contribution is 0.569. The summed E-state index contributed by atoms with van der Waals surface area (Å²) in [6, 6.07) is 20.0. The van der Waals surface area contributed by atoms with Crippen molar-refractivity contribution in [2.24, 2.45) is 0 Å². The number of fused-ring (bicyclic) bond motifs is 4. The van der Waals surface area contributed by atoms with Crippen molar-refractivity contribution in [1.82, 2.24) is 19.9 Å². The Balaban J connectivity index is 1.39. The highest BCUT2D eigenvalue weighted by Crippen LogP contribution is 2.34. The standard InChI is InChI=1S/C24H16N4O3P2/c29-11-32-23-25-10-20(28-23)15-2-5-17-16-4-1-14(8-21(16)31-22(17)9-15)13-3-6-18-19(7-13)27-24(26-18)33-12-30/h1-12,32-33H,(H,25,28)(H,26,27). The normalized spacial score (nSPS) is 12.2. The first-order chi connectivity index (χ1) is 16.2. The van der Waals surface area contributed by atoms with E-state index in [1.54, 1.807) is 6.20 Å². The van der Waals surface area contributed by atoms with Gasteiger partial charge < -0.3 is 14.4 Å².